The summed E-state index contributed by atoms with van der Waals surface area (Å²) in [5.41, 5.74) is 2.88. The van der Waals surface area contributed by atoms with Crippen molar-refractivity contribution in [3.8, 4) is 0 Å². The van der Waals surface area contributed by atoms with Gasteiger partial charge in [0.05, 0.1) is 11.1 Å². The van der Waals surface area contributed by atoms with Crippen molar-refractivity contribution in [2.45, 2.75) is 37.6 Å². The molecule has 1 saturated heterocycles. The van der Waals surface area contributed by atoms with E-state index < -0.39 is 0 Å². The number of fused-ring (bicyclic) bond motifs is 1. The molecular weight excluding hydrogens is 286 g/mol. The topological polar surface area (TPSA) is 45.2 Å². The average Bonchev–Trinajstić information content (AvgIpc) is 3.33. The number of pyridine rings is 1. The Morgan fingerprint density at radius 2 is 2.13 bits per heavy atom. The second kappa shape index (κ2) is 5.93. The first-order valence-electron chi connectivity index (χ1n) is 8.63. The molecule has 1 amide bonds. The molecule has 1 saturated carbocycles. The Bertz CT molecular complexity index is 738. The molecule has 4 heteroatoms. The summed E-state index contributed by atoms with van der Waals surface area (Å²) in [6, 6.07) is 10.4. The van der Waals surface area contributed by atoms with Gasteiger partial charge in [-0.1, -0.05) is 18.2 Å². The van der Waals surface area contributed by atoms with Crippen molar-refractivity contribution in [1.29, 1.82) is 0 Å². The van der Waals surface area contributed by atoms with Crippen molar-refractivity contribution in [2.75, 3.05) is 20.1 Å². The third kappa shape index (κ3) is 2.72. The van der Waals surface area contributed by atoms with Crippen molar-refractivity contribution >= 4 is 16.8 Å². The van der Waals surface area contributed by atoms with Gasteiger partial charge in [0.15, 0.2) is 0 Å². The predicted molar refractivity (Wildman–Crippen MR) is 91.7 cm³/mol. The van der Waals surface area contributed by atoms with Crippen molar-refractivity contribution in [2.24, 2.45) is 0 Å². The highest BCUT2D eigenvalue weighted by Crippen LogP contribution is 2.40. The number of hydrogen-bond acceptors (Lipinski definition) is 3. The number of para-hydroxylation sites is 1. The van der Waals surface area contributed by atoms with Crippen LogP contribution >= 0.6 is 0 Å². The maximum atomic E-state index is 13.2. The van der Waals surface area contributed by atoms with Crippen molar-refractivity contribution in [3.05, 3.63) is 41.6 Å². The summed E-state index contributed by atoms with van der Waals surface area (Å²) in [6.07, 6.45) is 4.58. The molecule has 1 unspecified atom stereocenters. The smallest absolute Gasteiger partial charge is 0.254 e. The highest BCUT2D eigenvalue weighted by Gasteiger charge is 2.32. The van der Waals surface area contributed by atoms with Crippen LogP contribution in [0.5, 0.6) is 0 Å². The van der Waals surface area contributed by atoms with Crippen LogP contribution in [0.4, 0.5) is 0 Å². The van der Waals surface area contributed by atoms with E-state index in [1.54, 1.807) is 0 Å². The maximum Gasteiger partial charge on any atom is 0.254 e. The van der Waals surface area contributed by atoms with Crippen LogP contribution in [0.15, 0.2) is 30.3 Å². The van der Waals surface area contributed by atoms with E-state index in [0.29, 0.717) is 12.0 Å². The molecule has 2 fully saturated rings. The first-order chi connectivity index (χ1) is 11.3. The van der Waals surface area contributed by atoms with Gasteiger partial charge in [0.1, 0.15) is 0 Å². The van der Waals surface area contributed by atoms with Gasteiger partial charge in [-0.25, -0.2) is 0 Å². The highest BCUT2D eigenvalue weighted by molar-refractivity contribution is 6.06. The molecule has 1 aromatic carbocycles. The van der Waals surface area contributed by atoms with Crippen LogP contribution in [-0.4, -0.2) is 42.0 Å². The van der Waals surface area contributed by atoms with E-state index in [4.69, 9.17) is 4.98 Å². The number of nitrogens with zero attached hydrogens (tertiary/aromatic N) is 2. The minimum Gasteiger partial charge on any atom is -0.334 e. The van der Waals surface area contributed by atoms with Gasteiger partial charge < -0.3 is 10.2 Å². The van der Waals surface area contributed by atoms with Crippen LogP contribution in [0.25, 0.3) is 10.9 Å². The lowest BCUT2D eigenvalue weighted by Crippen LogP contribution is -2.41. The van der Waals surface area contributed by atoms with E-state index in [1.807, 2.05) is 31.3 Å². The van der Waals surface area contributed by atoms with Gasteiger partial charge in [0.2, 0.25) is 0 Å². The lowest BCUT2D eigenvalue weighted by atomic mass is 10.0. The molecule has 4 rings (SSSR count). The molecule has 23 heavy (non-hydrogen) atoms. The number of aromatic nitrogens is 1. The largest absolute Gasteiger partial charge is 0.334 e. The second-order valence-electron chi connectivity index (χ2n) is 6.74. The van der Waals surface area contributed by atoms with Gasteiger partial charge in [-0.2, -0.15) is 0 Å². The molecule has 1 N–H and O–H groups in total. The van der Waals surface area contributed by atoms with Gasteiger partial charge in [-0.15, -0.1) is 0 Å². The number of likely N-dealkylation sites (N-methyl/N-ethyl adjacent to an activating group) is 1. The molecule has 1 aromatic heterocycles. The number of likely N-dealkylation sites (tertiary alicyclic amines) is 1. The molecule has 4 nitrogen and oxygen atoms in total. The van der Waals surface area contributed by atoms with Gasteiger partial charge in [0, 0.05) is 36.1 Å². The van der Waals surface area contributed by atoms with Crippen LogP contribution in [-0.2, 0) is 0 Å². The monoisotopic (exact) mass is 309 g/mol. The third-order valence-corrected chi connectivity index (χ3v) is 5.04. The zero-order valence-corrected chi connectivity index (χ0v) is 13.6. The van der Waals surface area contributed by atoms with Crippen molar-refractivity contribution in [1.82, 2.24) is 15.2 Å². The Kier molecular flexibility index (Phi) is 3.77. The van der Waals surface area contributed by atoms with Crippen LogP contribution < -0.4 is 5.32 Å². The van der Waals surface area contributed by atoms with Crippen LogP contribution in [0, 0.1) is 0 Å². The van der Waals surface area contributed by atoms with E-state index in [2.05, 4.69) is 16.3 Å². The third-order valence-electron chi connectivity index (χ3n) is 5.04. The Morgan fingerprint density at radius 1 is 1.30 bits per heavy atom. The molecule has 2 heterocycles. The molecule has 0 spiro atoms. The molecule has 2 aliphatic rings. The molecule has 1 aliphatic heterocycles. The number of hydrogen-bond donors (Lipinski definition) is 1. The van der Waals surface area contributed by atoms with Crippen LogP contribution in [0.2, 0.25) is 0 Å². The summed E-state index contributed by atoms with van der Waals surface area (Å²) in [5, 5.41) is 4.20. The molecule has 1 atom stereocenters. The fourth-order valence-corrected chi connectivity index (χ4v) is 3.67. The lowest BCUT2D eigenvalue weighted by Gasteiger charge is -2.25. The Balaban J connectivity index is 1.76. The van der Waals surface area contributed by atoms with Crippen LogP contribution in [0.1, 0.15) is 47.7 Å². The molecule has 0 bridgehead atoms. The van der Waals surface area contributed by atoms with Gasteiger partial charge in [-0.05, 0) is 44.9 Å². The number of amides is 1. The fraction of sp³-hybridized carbons (Fsp3) is 0.474. The van der Waals surface area contributed by atoms with Gasteiger partial charge >= 0.3 is 0 Å². The average molecular weight is 309 g/mol. The zero-order chi connectivity index (χ0) is 15.8. The van der Waals surface area contributed by atoms with Gasteiger partial charge in [0.25, 0.3) is 5.91 Å². The minimum atomic E-state index is 0.170. The number of carbonyl (C=O) groups is 1. The molecule has 120 valence electrons. The van der Waals surface area contributed by atoms with E-state index in [-0.39, 0.29) is 5.91 Å². The van der Waals surface area contributed by atoms with Crippen molar-refractivity contribution < 1.29 is 4.79 Å². The Labute approximate surface area is 136 Å². The molecule has 2 aromatic rings. The normalized spacial score (nSPS) is 21.1. The Hall–Kier alpha value is -1.94. The van der Waals surface area contributed by atoms with E-state index in [1.165, 1.54) is 12.8 Å². The van der Waals surface area contributed by atoms with E-state index in [9.17, 15) is 4.79 Å². The number of benzene rings is 1. The standard InChI is InChI=1S/C19H23N3O/c1-20-12-14-5-4-10-22(14)19(23)16-11-18(13-8-9-13)21-17-7-3-2-6-15(16)17/h2-3,6-7,11,13-14,20H,4-5,8-10,12H2,1H3. The van der Waals surface area contributed by atoms with Gasteiger partial charge in [-0.3, -0.25) is 9.78 Å². The Morgan fingerprint density at radius 3 is 2.91 bits per heavy atom. The number of rotatable bonds is 4. The summed E-state index contributed by atoms with van der Waals surface area (Å²) in [5.74, 6) is 0.723. The summed E-state index contributed by atoms with van der Waals surface area (Å²) in [4.78, 5) is 20.0. The fourth-order valence-electron chi connectivity index (χ4n) is 3.67. The van der Waals surface area contributed by atoms with E-state index >= 15 is 0 Å². The zero-order valence-electron chi connectivity index (χ0n) is 13.6. The summed E-state index contributed by atoms with van der Waals surface area (Å²) in [7, 11) is 1.95. The molecular formula is C19H23N3O. The summed E-state index contributed by atoms with van der Waals surface area (Å²) < 4.78 is 0. The predicted octanol–water partition coefficient (Wildman–Crippen LogP) is 2.94. The van der Waals surface area contributed by atoms with E-state index in [0.717, 1.165) is 48.1 Å². The highest BCUT2D eigenvalue weighted by atomic mass is 16.2. The summed E-state index contributed by atoms with van der Waals surface area (Å²) in [6.45, 7) is 1.73. The maximum absolute atomic E-state index is 13.2. The molecule has 0 radical (unpaired) electrons. The van der Waals surface area contributed by atoms with Crippen LogP contribution in [0.3, 0.4) is 0 Å². The quantitative estimate of drug-likeness (QED) is 0.944. The summed E-state index contributed by atoms with van der Waals surface area (Å²) >= 11 is 0. The minimum absolute atomic E-state index is 0.170. The second-order valence-corrected chi connectivity index (χ2v) is 6.74. The number of carbonyl (C=O) groups excluding carboxylic acids is 1. The number of nitrogens with one attached hydrogen (secondary N) is 1. The van der Waals surface area contributed by atoms with Crippen molar-refractivity contribution in [3.63, 3.8) is 0 Å². The SMILES string of the molecule is CNCC1CCCN1C(=O)c1cc(C2CC2)nc2ccccc12. The lowest BCUT2D eigenvalue weighted by molar-refractivity contribution is 0.0739. The molecule has 1 aliphatic carbocycles. The first kappa shape index (κ1) is 14.6. The first-order valence-corrected chi connectivity index (χ1v) is 8.63.